The average Bonchev–Trinajstić information content (AvgIpc) is 2.19. The normalized spacial score (nSPS) is 14.5. The molecule has 0 fully saturated rings. The van der Waals surface area contributed by atoms with Crippen molar-refractivity contribution < 1.29 is 4.79 Å². The molecule has 4 nitrogen and oxygen atoms in total. The van der Waals surface area contributed by atoms with Crippen LogP contribution < -0.4 is 11.1 Å². The molecular weight excluding hydrogens is 178 g/mol. The molecule has 0 aliphatic rings. The van der Waals surface area contributed by atoms with E-state index in [1.54, 1.807) is 19.3 Å². The zero-order chi connectivity index (χ0) is 10.6. The molecule has 14 heavy (non-hydrogen) atoms. The summed E-state index contributed by atoms with van der Waals surface area (Å²) < 4.78 is 0. The Morgan fingerprint density at radius 1 is 1.57 bits per heavy atom. The van der Waals surface area contributed by atoms with E-state index >= 15 is 0 Å². The lowest BCUT2D eigenvalue weighted by atomic mass is 10.1. The molecule has 4 heteroatoms. The zero-order valence-corrected chi connectivity index (χ0v) is 8.40. The van der Waals surface area contributed by atoms with E-state index in [0.29, 0.717) is 0 Å². The van der Waals surface area contributed by atoms with E-state index in [-0.39, 0.29) is 11.9 Å². The van der Waals surface area contributed by atoms with E-state index in [1.807, 2.05) is 19.1 Å². The summed E-state index contributed by atoms with van der Waals surface area (Å²) in [4.78, 5) is 15.2. The van der Waals surface area contributed by atoms with E-state index in [1.165, 1.54) is 0 Å². The molecule has 0 saturated heterocycles. The van der Waals surface area contributed by atoms with Crippen LogP contribution in [-0.4, -0.2) is 16.9 Å². The van der Waals surface area contributed by atoms with Crippen molar-refractivity contribution in [3.8, 4) is 0 Å². The van der Waals surface area contributed by atoms with E-state index in [2.05, 4.69) is 10.3 Å². The molecule has 1 aromatic heterocycles. The molecule has 1 amide bonds. The molecule has 0 aliphatic carbocycles. The summed E-state index contributed by atoms with van der Waals surface area (Å²) in [5, 5.41) is 2.79. The molecule has 0 spiro atoms. The third kappa shape index (κ3) is 2.81. The molecule has 3 N–H and O–H groups in total. The number of nitrogens with two attached hydrogens (primary N) is 1. The Hall–Kier alpha value is -1.42. The highest BCUT2D eigenvalue weighted by molar-refractivity contribution is 5.81. The van der Waals surface area contributed by atoms with Gasteiger partial charge in [-0.25, -0.2) is 0 Å². The van der Waals surface area contributed by atoms with Crippen LogP contribution in [0.4, 0.5) is 0 Å². The van der Waals surface area contributed by atoms with Gasteiger partial charge in [0.15, 0.2) is 0 Å². The van der Waals surface area contributed by atoms with Gasteiger partial charge in [-0.1, -0.05) is 6.07 Å². The van der Waals surface area contributed by atoms with Crippen molar-refractivity contribution in [3.05, 3.63) is 30.1 Å². The maximum atomic E-state index is 11.3. The van der Waals surface area contributed by atoms with Gasteiger partial charge in [-0.05, 0) is 25.5 Å². The number of nitrogens with zero attached hydrogens (tertiary/aromatic N) is 1. The highest BCUT2D eigenvalue weighted by atomic mass is 16.2. The molecule has 1 heterocycles. The average molecular weight is 193 g/mol. The van der Waals surface area contributed by atoms with Crippen molar-refractivity contribution in [1.82, 2.24) is 10.3 Å². The Labute approximate surface area is 83.5 Å². The molecule has 1 unspecified atom stereocenters. The third-order valence-corrected chi connectivity index (χ3v) is 1.96. The largest absolute Gasteiger partial charge is 0.348 e. The summed E-state index contributed by atoms with van der Waals surface area (Å²) in [7, 11) is 0. The monoisotopic (exact) mass is 193 g/mol. The van der Waals surface area contributed by atoms with E-state index in [0.717, 1.165) is 5.56 Å². The van der Waals surface area contributed by atoms with Crippen LogP contribution in [0.2, 0.25) is 0 Å². The number of hydrogen-bond donors (Lipinski definition) is 2. The maximum Gasteiger partial charge on any atom is 0.237 e. The number of rotatable bonds is 3. The quantitative estimate of drug-likeness (QED) is 0.739. The smallest absolute Gasteiger partial charge is 0.237 e. The highest BCUT2D eigenvalue weighted by Gasteiger charge is 2.11. The Bertz CT molecular complexity index is 297. The van der Waals surface area contributed by atoms with Crippen LogP contribution in [0.25, 0.3) is 0 Å². The fraction of sp³-hybridized carbons (Fsp3) is 0.400. The number of nitrogens with one attached hydrogen (secondary N) is 1. The lowest BCUT2D eigenvalue weighted by molar-refractivity contribution is -0.122. The standard InChI is InChI=1S/C10H15N3O/c1-7(11)10(14)13-8(2)9-4-3-5-12-6-9/h3-8H,11H2,1-2H3,(H,13,14)/t7?,8-/m0/s1. The van der Waals surface area contributed by atoms with Crippen LogP contribution in [-0.2, 0) is 4.79 Å². The Morgan fingerprint density at radius 2 is 2.29 bits per heavy atom. The molecule has 0 radical (unpaired) electrons. The van der Waals surface area contributed by atoms with Crippen molar-refractivity contribution in [2.24, 2.45) is 5.73 Å². The number of pyridine rings is 1. The first-order chi connectivity index (χ1) is 6.61. The van der Waals surface area contributed by atoms with Gasteiger partial charge in [0.05, 0.1) is 12.1 Å². The minimum Gasteiger partial charge on any atom is -0.348 e. The maximum absolute atomic E-state index is 11.3. The van der Waals surface area contributed by atoms with E-state index in [9.17, 15) is 4.79 Å². The van der Waals surface area contributed by atoms with Crippen molar-refractivity contribution in [1.29, 1.82) is 0 Å². The fourth-order valence-electron chi connectivity index (χ4n) is 1.06. The van der Waals surface area contributed by atoms with Crippen LogP contribution in [0.15, 0.2) is 24.5 Å². The second kappa shape index (κ2) is 4.72. The molecular formula is C10H15N3O. The van der Waals surface area contributed by atoms with Crippen molar-refractivity contribution in [2.75, 3.05) is 0 Å². The molecule has 1 rings (SSSR count). The van der Waals surface area contributed by atoms with Crippen molar-refractivity contribution in [2.45, 2.75) is 25.9 Å². The zero-order valence-electron chi connectivity index (χ0n) is 8.40. The first-order valence-corrected chi connectivity index (χ1v) is 4.57. The van der Waals surface area contributed by atoms with Gasteiger partial charge in [0.1, 0.15) is 0 Å². The summed E-state index contributed by atoms with van der Waals surface area (Å²) in [5.41, 5.74) is 6.41. The summed E-state index contributed by atoms with van der Waals surface area (Å²) >= 11 is 0. The minimum absolute atomic E-state index is 0.0535. The SMILES string of the molecule is CC(N)C(=O)N[C@@H](C)c1cccnc1. The van der Waals surface area contributed by atoms with Crippen molar-refractivity contribution >= 4 is 5.91 Å². The third-order valence-electron chi connectivity index (χ3n) is 1.96. The summed E-state index contributed by atoms with van der Waals surface area (Å²) in [6.07, 6.45) is 3.43. The van der Waals surface area contributed by atoms with Gasteiger partial charge in [0.25, 0.3) is 0 Å². The van der Waals surface area contributed by atoms with Crippen LogP contribution in [0.3, 0.4) is 0 Å². The van der Waals surface area contributed by atoms with Gasteiger partial charge in [0, 0.05) is 12.4 Å². The number of hydrogen-bond acceptors (Lipinski definition) is 3. The lowest BCUT2D eigenvalue weighted by Crippen LogP contribution is -2.39. The number of carbonyl (C=O) groups excluding carboxylic acids is 1. The molecule has 0 saturated carbocycles. The molecule has 0 aromatic carbocycles. The second-order valence-electron chi connectivity index (χ2n) is 3.31. The van der Waals surface area contributed by atoms with Gasteiger partial charge in [-0.2, -0.15) is 0 Å². The number of carbonyl (C=O) groups is 1. The van der Waals surface area contributed by atoms with Crippen LogP contribution in [0.5, 0.6) is 0 Å². The van der Waals surface area contributed by atoms with Crippen LogP contribution in [0, 0.1) is 0 Å². The molecule has 0 aliphatic heterocycles. The summed E-state index contributed by atoms with van der Waals surface area (Å²) in [6, 6.07) is 3.22. The lowest BCUT2D eigenvalue weighted by Gasteiger charge is -2.15. The fourth-order valence-corrected chi connectivity index (χ4v) is 1.06. The van der Waals surface area contributed by atoms with Gasteiger partial charge >= 0.3 is 0 Å². The molecule has 2 atom stereocenters. The van der Waals surface area contributed by atoms with Gasteiger partial charge in [0.2, 0.25) is 5.91 Å². The van der Waals surface area contributed by atoms with E-state index < -0.39 is 6.04 Å². The highest BCUT2D eigenvalue weighted by Crippen LogP contribution is 2.09. The summed E-state index contributed by atoms with van der Waals surface area (Å²) in [6.45, 7) is 3.56. The number of aromatic nitrogens is 1. The minimum atomic E-state index is -0.478. The second-order valence-corrected chi connectivity index (χ2v) is 3.31. The Balaban J connectivity index is 2.59. The molecule has 1 aromatic rings. The molecule has 0 bridgehead atoms. The Morgan fingerprint density at radius 3 is 2.79 bits per heavy atom. The predicted octanol–water partition coefficient (Wildman–Crippen LogP) is 0.606. The van der Waals surface area contributed by atoms with Crippen molar-refractivity contribution in [3.63, 3.8) is 0 Å². The van der Waals surface area contributed by atoms with Crippen LogP contribution >= 0.6 is 0 Å². The number of amides is 1. The van der Waals surface area contributed by atoms with Gasteiger partial charge in [-0.3, -0.25) is 9.78 Å². The van der Waals surface area contributed by atoms with E-state index in [4.69, 9.17) is 5.73 Å². The van der Waals surface area contributed by atoms with Crippen LogP contribution in [0.1, 0.15) is 25.5 Å². The predicted molar refractivity (Wildman–Crippen MR) is 54.4 cm³/mol. The van der Waals surface area contributed by atoms with Gasteiger partial charge < -0.3 is 11.1 Å². The topological polar surface area (TPSA) is 68.0 Å². The summed E-state index contributed by atoms with van der Waals surface area (Å²) in [5.74, 6) is -0.152. The Kier molecular flexibility index (Phi) is 3.59. The van der Waals surface area contributed by atoms with Gasteiger partial charge in [-0.15, -0.1) is 0 Å². The first kappa shape index (κ1) is 10.7. The molecule has 76 valence electrons. The first-order valence-electron chi connectivity index (χ1n) is 4.57.